The Hall–Kier alpha value is -2.30. The van der Waals surface area contributed by atoms with Crippen LogP contribution in [0.5, 0.6) is 0 Å². The van der Waals surface area contributed by atoms with Crippen molar-refractivity contribution in [1.82, 2.24) is 9.78 Å². The van der Waals surface area contributed by atoms with Crippen LogP contribution < -0.4 is 11.1 Å². The summed E-state index contributed by atoms with van der Waals surface area (Å²) in [6.07, 6.45) is 4.92. The molecule has 0 fully saturated rings. The van der Waals surface area contributed by atoms with Crippen molar-refractivity contribution in [3.8, 4) is 0 Å². The quantitative estimate of drug-likeness (QED) is 0.848. The molecule has 1 aliphatic heterocycles. The topological polar surface area (TPSA) is 72.9 Å². The molecule has 0 saturated heterocycles. The highest BCUT2D eigenvalue weighted by Gasteiger charge is 2.30. The van der Waals surface area contributed by atoms with Gasteiger partial charge in [0.15, 0.2) is 0 Å². The van der Waals surface area contributed by atoms with Crippen molar-refractivity contribution >= 4 is 17.4 Å². The van der Waals surface area contributed by atoms with E-state index in [9.17, 15) is 4.79 Å². The number of nitrogens with two attached hydrogens (primary N) is 1. The molecule has 0 radical (unpaired) electrons. The molecule has 0 bridgehead atoms. The lowest BCUT2D eigenvalue weighted by atomic mass is 9.90. The summed E-state index contributed by atoms with van der Waals surface area (Å²) in [5.41, 5.74) is 10.4. The number of nitrogens with zero attached hydrogens (tertiary/aromatic N) is 2. The summed E-state index contributed by atoms with van der Waals surface area (Å²) in [5.74, 6) is 0.387. The van der Waals surface area contributed by atoms with Crippen LogP contribution in [-0.2, 0) is 12.8 Å². The third kappa shape index (κ3) is 2.00. The van der Waals surface area contributed by atoms with Gasteiger partial charge in [-0.15, -0.1) is 0 Å². The second kappa shape index (κ2) is 5.16. The predicted molar refractivity (Wildman–Crippen MR) is 86.2 cm³/mol. The van der Waals surface area contributed by atoms with Gasteiger partial charge in [0.25, 0.3) is 5.91 Å². The molecular weight excluding hydrogens is 276 g/mol. The number of nitrogen functional groups attached to an aromatic ring is 1. The van der Waals surface area contributed by atoms with E-state index in [1.54, 1.807) is 0 Å². The first-order valence-electron chi connectivity index (χ1n) is 7.99. The summed E-state index contributed by atoms with van der Waals surface area (Å²) >= 11 is 0. The fraction of sp³-hybridized carbons (Fsp3) is 0.412. The van der Waals surface area contributed by atoms with Crippen LogP contribution in [0, 0.1) is 0 Å². The molecular formula is C17H20N4O. The van der Waals surface area contributed by atoms with Gasteiger partial charge in [0.1, 0.15) is 5.82 Å². The van der Waals surface area contributed by atoms with Crippen molar-refractivity contribution < 1.29 is 4.79 Å². The van der Waals surface area contributed by atoms with Gasteiger partial charge in [0.05, 0.1) is 11.6 Å². The van der Waals surface area contributed by atoms with Gasteiger partial charge in [-0.25, -0.2) is 0 Å². The summed E-state index contributed by atoms with van der Waals surface area (Å²) in [4.78, 5) is 13.0. The third-order valence-corrected chi connectivity index (χ3v) is 4.79. The molecule has 2 aromatic rings. The van der Waals surface area contributed by atoms with E-state index in [1.165, 1.54) is 4.68 Å². The summed E-state index contributed by atoms with van der Waals surface area (Å²) in [6.45, 7) is 0.800. The minimum absolute atomic E-state index is 0.000787. The maximum Gasteiger partial charge on any atom is 0.256 e. The molecule has 3 N–H and O–H groups in total. The zero-order valence-corrected chi connectivity index (χ0v) is 12.5. The number of aromatic nitrogens is 2. The van der Waals surface area contributed by atoms with Gasteiger partial charge in [-0.3, -0.25) is 4.79 Å². The van der Waals surface area contributed by atoms with E-state index in [1.807, 2.05) is 24.3 Å². The number of hydrogen-bond donors (Lipinski definition) is 2. The first-order chi connectivity index (χ1) is 10.8. The number of hydrogen-bond acceptors (Lipinski definition) is 4. The van der Waals surface area contributed by atoms with Crippen molar-refractivity contribution in [2.75, 3.05) is 17.6 Å². The van der Waals surface area contributed by atoms with E-state index >= 15 is 0 Å². The number of para-hydroxylation sites is 1. The molecule has 0 unspecified atom stereocenters. The van der Waals surface area contributed by atoms with Gasteiger partial charge in [0.2, 0.25) is 0 Å². The number of anilines is 2. The maximum atomic E-state index is 13.0. The number of benzene rings is 1. The lowest BCUT2D eigenvalue weighted by molar-refractivity contribution is 0.0859. The van der Waals surface area contributed by atoms with Crippen LogP contribution in [-0.4, -0.2) is 22.2 Å². The second-order valence-electron chi connectivity index (χ2n) is 6.12. The van der Waals surface area contributed by atoms with Gasteiger partial charge in [-0.1, -0.05) is 18.2 Å². The van der Waals surface area contributed by atoms with Gasteiger partial charge >= 0.3 is 0 Å². The average molecular weight is 296 g/mol. The van der Waals surface area contributed by atoms with Crippen LogP contribution in [0.15, 0.2) is 24.3 Å². The number of nitrogens with one attached hydrogen (secondary N) is 1. The highest BCUT2D eigenvalue weighted by atomic mass is 16.2. The Morgan fingerprint density at radius 2 is 2.09 bits per heavy atom. The third-order valence-electron chi connectivity index (χ3n) is 4.79. The summed E-state index contributed by atoms with van der Waals surface area (Å²) in [6, 6.07) is 8.00. The smallest absolute Gasteiger partial charge is 0.256 e. The summed E-state index contributed by atoms with van der Waals surface area (Å²) in [7, 11) is 0. The van der Waals surface area contributed by atoms with Crippen molar-refractivity contribution in [1.29, 1.82) is 0 Å². The van der Waals surface area contributed by atoms with Gasteiger partial charge in [-0.2, -0.15) is 9.78 Å². The second-order valence-corrected chi connectivity index (χ2v) is 6.12. The van der Waals surface area contributed by atoms with Crippen LogP contribution in [0.3, 0.4) is 0 Å². The van der Waals surface area contributed by atoms with Crippen molar-refractivity contribution in [2.45, 2.75) is 38.0 Å². The highest BCUT2D eigenvalue weighted by molar-refractivity contribution is 5.90. The zero-order valence-electron chi connectivity index (χ0n) is 12.5. The summed E-state index contributed by atoms with van der Waals surface area (Å²) in [5, 5.41) is 7.87. The molecule has 1 aliphatic carbocycles. The number of rotatable bonds is 1. The van der Waals surface area contributed by atoms with Crippen molar-refractivity contribution in [2.24, 2.45) is 0 Å². The van der Waals surface area contributed by atoms with Gasteiger partial charge < -0.3 is 11.1 Å². The molecule has 114 valence electrons. The molecule has 22 heavy (non-hydrogen) atoms. The Morgan fingerprint density at radius 3 is 2.95 bits per heavy atom. The molecule has 5 heteroatoms. The predicted octanol–water partition coefficient (Wildman–Crippen LogP) is 2.58. The van der Waals surface area contributed by atoms with Crippen LogP contribution >= 0.6 is 0 Å². The number of carbonyl (C=O) groups is 1. The van der Waals surface area contributed by atoms with Crippen LogP contribution in [0.25, 0.3) is 0 Å². The summed E-state index contributed by atoms with van der Waals surface area (Å²) < 4.78 is 1.46. The van der Waals surface area contributed by atoms with E-state index < -0.39 is 0 Å². The average Bonchev–Trinajstić information content (AvgIpc) is 2.91. The molecule has 1 atom stereocenters. The molecule has 0 spiro atoms. The number of fused-ring (bicyclic) bond motifs is 2. The molecule has 1 aromatic heterocycles. The Morgan fingerprint density at radius 1 is 1.27 bits per heavy atom. The van der Waals surface area contributed by atoms with E-state index in [-0.39, 0.29) is 11.8 Å². The Bertz CT molecular complexity index is 734. The fourth-order valence-electron chi connectivity index (χ4n) is 3.62. The van der Waals surface area contributed by atoms with Crippen LogP contribution in [0.2, 0.25) is 0 Å². The first-order valence-corrected chi connectivity index (χ1v) is 7.99. The van der Waals surface area contributed by atoms with E-state index in [0.717, 1.165) is 61.2 Å². The monoisotopic (exact) mass is 296 g/mol. The molecule has 1 aromatic carbocycles. The minimum Gasteiger partial charge on any atom is -0.385 e. The normalized spacial score (nSPS) is 19.9. The van der Waals surface area contributed by atoms with E-state index in [2.05, 4.69) is 10.4 Å². The van der Waals surface area contributed by atoms with E-state index in [4.69, 9.17) is 5.73 Å². The fourth-order valence-corrected chi connectivity index (χ4v) is 3.62. The number of carbonyl (C=O) groups excluding carboxylic acids is 1. The number of aryl methyl sites for hydroxylation is 1. The van der Waals surface area contributed by atoms with E-state index in [0.29, 0.717) is 5.82 Å². The molecule has 2 heterocycles. The van der Waals surface area contributed by atoms with Crippen LogP contribution in [0.1, 0.15) is 46.8 Å². The first kappa shape index (κ1) is 13.4. The molecule has 4 rings (SSSR count). The highest BCUT2D eigenvalue weighted by Crippen LogP contribution is 2.34. The lowest BCUT2D eigenvalue weighted by Crippen LogP contribution is -2.28. The molecule has 0 saturated carbocycles. The zero-order chi connectivity index (χ0) is 15.1. The Balaban J connectivity index is 1.73. The molecule has 2 aliphatic rings. The standard InChI is InChI=1S/C17H20N4O/c18-16-13-6-2-4-8-15(13)20-21(16)17(22)12-9-10-19-14-7-3-1-5-11(12)14/h1,3,5,7,12,19H,2,4,6,8-10,18H2/t12-/m0/s1. The largest absolute Gasteiger partial charge is 0.385 e. The van der Waals surface area contributed by atoms with Gasteiger partial charge in [0, 0.05) is 17.8 Å². The van der Waals surface area contributed by atoms with Crippen LogP contribution in [0.4, 0.5) is 11.5 Å². The van der Waals surface area contributed by atoms with Crippen molar-refractivity contribution in [3.05, 3.63) is 41.1 Å². The Labute approximate surface area is 129 Å². The Kier molecular flexibility index (Phi) is 3.13. The SMILES string of the molecule is Nc1c2c(nn1C(=O)[C@H]1CCNc3ccccc31)CCCC2. The maximum absolute atomic E-state index is 13.0. The van der Waals surface area contributed by atoms with Gasteiger partial charge in [-0.05, 0) is 43.7 Å². The molecule has 5 nitrogen and oxygen atoms in total. The van der Waals surface area contributed by atoms with Crippen molar-refractivity contribution in [3.63, 3.8) is 0 Å². The minimum atomic E-state index is -0.166. The molecule has 0 amide bonds. The lowest BCUT2D eigenvalue weighted by Gasteiger charge is -2.25.